The lowest BCUT2D eigenvalue weighted by molar-refractivity contribution is 0.798. The van der Waals surface area contributed by atoms with Crippen LogP contribution in [0, 0.1) is 13.8 Å². The predicted octanol–water partition coefficient (Wildman–Crippen LogP) is 2.44. The van der Waals surface area contributed by atoms with Crippen molar-refractivity contribution in [2.75, 3.05) is 23.9 Å². The van der Waals surface area contributed by atoms with E-state index >= 15 is 0 Å². The van der Waals surface area contributed by atoms with Crippen molar-refractivity contribution in [3.63, 3.8) is 0 Å². The topological polar surface area (TPSA) is 55.6 Å². The van der Waals surface area contributed by atoms with E-state index in [1.807, 2.05) is 36.4 Å². The van der Waals surface area contributed by atoms with E-state index < -0.39 is 0 Å². The first-order valence-corrected chi connectivity index (χ1v) is 7.68. The smallest absolute Gasteiger partial charge is 0.174 e. The molecule has 0 amide bonds. The maximum atomic E-state index is 4.53. The Kier molecular flexibility index (Phi) is 4.79. The summed E-state index contributed by atoms with van der Waals surface area (Å²) in [6.07, 6.45) is 6.71. The molecule has 0 aliphatic rings. The molecule has 0 unspecified atom stereocenters. The van der Waals surface area contributed by atoms with Crippen molar-refractivity contribution in [3.05, 3.63) is 29.8 Å². The zero-order chi connectivity index (χ0) is 13.7. The second-order valence-corrected chi connectivity index (χ2v) is 5.36. The summed E-state index contributed by atoms with van der Waals surface area (Å²) in [4.78, 5) is 8.75. The number of nitrogens with zero attached hydrogens (tertiary/aromatic N) is 4. The summed E-state index contributed by atoms with van der Waals surface area (Å²) in [6.45, 7) is 4.90. The maximum absolute atomic E-state index is 4.53. The molecule has 0 aliphatic heterocycles. The summed E-state index contributed by atoms with van der Waals surface area (Å²) >= 11 is 1.85. The zero-order valence-electron chi connectivity index (χ0n) is 11.6. The van der Waals surface area contributed by atoms with Crippen molar-refractivity contribution >= 4 is 17.6 Å². The van der Waals surface area contributed by atoms with Crippen LogP contribution in [0.2, 0.25) is 0 Å². The first-order chi connectivity index (χ1) is 9.20. The van der Waals surface area contributed by atoms with E-state index in [9.17, 15) is 0 Å². The van der Waals surface area contributed by atoms with E-state index in [0.717, 1.165) is 41.7 Å². The number of hydrogen-bond donors (Lipinski definition) is 1. The molecule has 102 valence electrons. The van der Waals surface area contributed by atoms with Gasteiger partial charge in [0.1, 0.15) is 5.82 Å². The van der Waals surface area contributed by atoms with Crippen LogP contribution in [-0.2, 0) is 0 Å². The Labute approximate surface area is 117 Å². The van der Waals surface area contributed by atoms with Gasteiger partial charge >= 0.3 is 0 Å². The standard InChI is InChI=1S/C13H19N5S/c1-10-7-11(2)18(17-10)13-9-14-8-12(16-13)15-5-4-6-19-3/h7-9H,4-6H2,1-3H3,(H,15,16). The summed E-state index contributed by atoms with van der Waals surface area (Å²) in [7, 11) is 0. The van der Waals surface area contributed by atoms with Crippen LogP contribution < -0.4 is 5.32 Å². The number of anilines is 1. The Morgan fingerprint density at radius 1 is 1.32 bits per heavy atom. The minimum atomic E-state index is 0.750. The van der Waals surface area contributed by atoms with Crippen LogP contribution in [0.3, 0.4) is 0 Å². The molecule has 6 heteroatoms. The van der Waals surface area contributed by atoms with Crippen LogP contribution in [0.5, 0.6) is 0 Å². The predicted molar refractivity (Wildman–Crippen MR) is 80.1 cm³/mol. The highest BCUT2D eigenvalue weighted by molar-refractivity contribution is 7.98. The zero-order valence-corrected chi connectivity index (χ0v) is 12.4. The Hall–Kier alpha value is -1.56. The molecule has 0 fully saturated rings. The van der Waals surface area contributed by atoms with Crippen LogP contribution in [0.25, 0.3) is 5.82 Å². The number of nitrogens with one attached hydrogen (secondary N) is 1. The highest BCUT2D eigenvalue weighted by Gasteiger charge is 2.06. The minimum Gasteiger partial charge on any atom is -0.369 e. The molecule has 19 heavy (non-hydrogen) atoms. The number of aromatic nitrogens is 4. The minimum absolute atomic E-state index is 0.750. The van der Waals surface area contributed by atoms with E-state index in [4.69, 9.17) is 0 Å². The van der Waals surface area contributed by atoms with Crippen molar-refractivity contribution in [2.24, 2.45) is 0 Å². The summed E-state index contributed by atoms with van der Waals surface area (Å²) in [5.74, 6) is 2.70. The monoisotopic (exact) mass is 277 g/mol. The van der Waals surface area contributed by atoms with Crippen molar-refractivity contribution in [1.29, 1.82) is 0 Å². The normalized spacial score (nSPS) is 10.7. The number of hydrogen-bond acceptors (Lipinski definition) is 5. The second-order valence-electron chi connectivity index (χ2n) is 4.37. The molecule has 2 heterocycles. The van der Waals surface area contributed by atoms with Gasteiger partial charge in [-0.15, -0.1) is 0 Å². The van der Waals surface area contributed by atoms with Crippen molar-refractivity contribution in [2.45, 2.75) is 20.3 Å². The van der Waals surface area contributed by atoms with Gasteiger partial charge in [0, 0.05) is 12.2 Å². The summed E-state index contributed by atoms with van der Waals surface area (Å²) < 4.78 is 1.81. The quantitative estimate of drug-likeness (QED) is 0.822. The van der Waals surface area contributed by atoms with Crippen molar-refractivity contribution in [3.8, 4) is 5.82 Å². The van der Waals surface area contributed by atoms with E-state index in [2.05, 4.69) is 26.6 Å². The third-order valence-corrected chi connectivity index (χ3v) is 3.38. The Balaban J connectivity index is 2.09. The van der Waals surface area contributed by atoms with Gasteiger partial charge in [-0.1, -0.05) is 0 Å². The van der Waals surface area contributed by atoms with E-state index in [1.54, 1.807) is 12.4 Å². The van der Waals surface area contributed by atoms with E-state index in [-0.39, 0.29) is 0 Å². The van der Waals surface area contributed by atoms with Gasteiger partial charge in [-0.3, -0.25) is 4.98 Å². The Morgan fingerprint density at radius 2 is 2.16 bits per heavy atom. The lowest BCUT2D eigenvalue weighted by Crippen LogP contribution is -2.08. The fraction of sp³-hybridized carbons (Fsp3) is 0.462. The first-order valence-electron chi connectivity index (χ1n) is 6.29. The Morgan fingerprint density at radius 3 is 2.84 bits per heavy atom. The Bertz CT molecular complexity index is 538. The molecule has 0 bridgehead atoms. The molecule has 0 radical (unpaired) electrons. The largest absolute Gasteiger partial charge is 0.369 e. The molecular formula is C13H19N5S. The molecule has 2 aromatic rings. The molecule has 0 aromatic carbocycles. The van der Waals surface area contributed by atoms with E-state index in [0.29, 0.717) is 0 Å². The second kappa shape index (κ2) is 6.56. The molecule has 0 saturated carbocycles. The molecule has 2 rings (SSSR count). The van der Waals surface area contributed by atoms with Gasteiger partial charge in [0.25, 0.3) is 0 Å². The maximum Gasteiger partial charge on any atom is 0.174 e. The first kappa shape index (κ1) is 13.9. The lowest BCUT2D eigenvalue weighted by atomic mass is 10.4. The molecular weight excluding hydrogens is 258 g/mol. The van der Waals surface area contributed by atoms with Crippen molar-refractivity contribution in [1.82, 2.24) is 19.7 Å². The van der Waals surface area contributed by atoms with Gasteiger partial charge in [-0.05, 0) is 38.3 Å². The molecule has 0 atom stereocenters. The van der Waals surface area contributed by atoms with Gasteiger partial charge < -0.3 is 5.32 Å². The fourth-order valence-corrected chi connectivity index (χ4v) is 2.27. The molecule has 5 nitrogen and oxygen atoms in total. The lowest BCUT2D eigenvalue weighted by Gasteiger charge is -2.07. The van der Waals surface area contributed by atoms with Gasteiger partial charge in [0.05, 0.1) is 18.1 Å². The fourth-order valence-electron chi connectivity index (χ4n) is 1.84. The van der Waals surface area contributed by atoms with Crippen molar-refractivity contribution < 1.29 is 0 Å². The van der Waals surface area contributed by atoms with Gasteiger partial charge in [-0.2, -0.15) is 16.9 Å². The van der Waals surface area contributed by atoms with E-state index in [1.165, 1.54) is 0 Å². The molecule has 1 N–H and O–H groups in total. The number of rotatable bonds is 6. The third-order valence-electron chi connectivity index (χ3n) is 2.68. The third kappa shape index (κ3) is 3.70. The summed E-state index contributed by atoms with van der Waals surface area (Å²) in [6, 6.07) is 2.03. The average molecular weight is 277 g/mol. The van der Waals surface area contributed by atoms with Crippen LogP contribution in [-0.4, -0.2) is 38.3 Å². The number of aryl methyl sites for hydroxylation is 2. The highest BCUT2D eigenvalue weighted by Crippen LogP contribution is 2.11. The van der Waals surface area contributed by atoms with Gasteiger partial charge in [0.15, 0.2) is 5.82 Å². The highest BCUT2D eigenvalue weighted by atomic mass is 32.2. The van der Waals surface area contributed by atoms with Crippen LogP contribution in [0.15, 0.2) is 18.5 Å². The molecule has 0 spiro atoms. The van der Waals surface area contributed by atoms with Crippen LogP contribution in [0.1, 0.15) is 17.8 Å². The molecule has 2 aromatic heterocycles. The average Bonchev–Trinajstić information content (AvgIpc) is 2.74. The SMILES string of the molecule is CSCCCNc1cncc(-n2nc(C)cc2C)n1. The molecule has 0 aliphatic carbocycles. The van der Waals surface area contributed by atoms with Crippen LogP contribution >= 0.6 is 11.8 Å². The van der Waals surface area contributed by atoms with Gasteiger partial charge in [-0.25, -0.2) is 9.67 Å². The number of thioether (sulfide) groups is 1. The van der Waals surface area contributed by atoms with Gasteiger partial charge in [0.2, 0.25) is 0 Å². The summed E-state index contributed by atoms with van der Waals surface area (Å²) in [5, 5.41) is 7.70. The molecule has 0 saturated heterocycles. The van der Waals surface area contributed by atoms with Crippen LogP contribution in [0.4, 0.5) is 5.82 Å². The summed E-state index contributed by atoms with van der Waals surface area (Å²) in [5.41, 5.74) is 2.05.